The first kappa shape index (κ1) is 28.8. The van der Waals surface area contributed by atoms with E-state index in [4.69, 9.17) is 4.74 Å². The number of aromatic nitrogens is 4. The number of pyridine rings is 1. The summed E-state index contributed by atoms with van der Waals surface area (Å²) in [7, 11) is 0. The van der Waals surface area contributed by atoms with Crippen LogP contribution in [0.1, 0.15) is 61.0 Å². The van der Waals surface area contributed by atoms with Gasteiger partial charge in [0.25, 0.3) is 5.91 Å². The molecule has 1 aromatic carbocycles. The van der Waals surface area contributed by atoms with E-state index in [-0.39, 0.29) is 53.4 Å². The first-order valence-corrected chi connectivity index (χ1v) is 15.1. The zero-order chi connectivity index (χ0) is 29.8. The maximum Gasteiger partial charge on any atom is 0.257 e. The predicted molar refractivity (Wildman–Crippen MR) is 154 cm³/mol. The number of fused-ring (bicyclic) bond motifs is 3. The molecule has 2 bridgehead atoms. The third-order valence-electron chi connectivity index (χ3n) is 8.76. The van der Waals surface area contributed by atoms with Crippen LogP contribution < -0.4 is 15.4 Å². The second-order valence-electron chi connectivity index (χ2n) is 11.7. The number of piperidine rings is 1. The normalized spacial score (nSPS) is 23.0. The van der Waals surface area contributed by atoms with Crippen LogP contribution in [0.2, 0.25) is 0 Å². The molecular formula is C31H36FN7O4. The Morgan fingerprint density at radius 2 is 1.91 bits per heavy atom. The van der Waals surface area contributed by atoms with E-state index < -0.39 is 11.9 Å². The molecule has 6 rings (SSSR count). The molecule has 1 saturated carbocycles. The van der Waals surface area contributed by atoms with Crippen LogP contribution in [0.3, 0.4) is 0 Å². The summed E-state index contributed by atoms with van der Waals surface area (Å²) in [6.45, 7) is 1.28. The molecule has 3 atom stereocenters. The Balaban J connectivity index is 1.22. The van der Waals surface area contributed by atoms with Gasteiger partial charge >= 0.3 is 0 Å². The highest BCUT2D eigenvalue weighted by molar-refractivity contribution is 5.99. The van der Waals surface area contributed by atoms with Gasteiger partial charge < -0.3 is 20.3 Å². The summed E-state index contributed by atoms with van der Waals surface area (Å²) in [5.74, 6) is -0.597. The van der Waals surface area contributed by atoms with Crippen molar-refractivity contribution >= 4 is 17.7 Å². The van der Waals surface area contributed by atoms with Crippen LogP contribution in [0.5, 0.6) is 5.88 Å². The zero-order valence-electron chi connectivity index (χ0n) is 24.0. The number of amides is 3. The molecule has 1 aliphatic carbocycles. The molecule has 0 unspecified atom stereocenters. The van der Waals surface area contributed by atoms with Gasteiger partial charge in [-0.2, -0.15) is 0 Å². The lowest BCUT2D eigenvalue weighted by Gasteiger charge is -2.40. The summed E-state index contributed by atoms with van der Waals surface area (Å²) < 4.78 is 20.9. The van der Waals surface area contributed by atoms with Crippen molar-refractivity contribution in [3.05, 3.63) is 65.9 Å². The summed E-state index contributed by atoms with van der Waals surface area (Å²) in [5, 5.41) is 14.5. The van der Waals surface area contributed by atoms with Crippen LogP contribution >= 0.6 is 0 Å². The Hall–Kier alpha value is -4.35. The number of hydrogen-bond donors (Lipinski definition) is 2. The van der Waals surface area contributed by atoms with Crippen molar-refractivity contribution in [1.29, 1.82) is 0 Å². The minimum Gasteiger partial charge on any atom is -0.477 e. The molecule has 11 nitrogen and oxygen atoms in total. The average molecular weight is 590 g/mol. The van der Waals surface area contributed by atoms with Crippen LogP contribution in [0.4, 0.5) is 4.39 Å². The number of benzene rings is 1. The van der Waals surface area contributed by atoms with E-state index in [0.717, 1.165) is 25.7 Å². The fraction of sp³-hybridized carbons (Fsp3) is 0.484. The molecule has 2 fully saturated rings. The van der Waals surface area contributed by atoms with Crippen molar-refractivity contribution in [3.8, 4) is 11.6 Å². The van der Waals surface area contributed by atoms with E-state index in [2.05, 4.69) is 25.9 Å². The Morgan fingerprint density at radius 3 is 2.72 bits per heavy atom. The lowest BCUT2D eigenvalue weighted by Crippen LogP contribution is -2.54. The monoisotopic (exact) mass is 589 g/mol. The number of carbonyl (C=O) groups excluding carboxylic acids is 3. The van der Waals surface area contributed by atoms with Crippen molar-refractivity contribution < 1.29 is 23.5 Å². The molecule has 3 amide bonds. The van der Waals surface area contributed by atoms with Crippen LogP contribution in [0.15, 0.2) is 48.8 Å². The molecule has 3 aliphatic rings. The maximum absolute atomic E-state index is 14.0. The number of rotatable bonds is 6. The topological polar surface area (TPSA) is 131 Å². The van der Waals surface area contributed by atoms with Gasteiger partial charge in [-0.1, -0.05) is 18.1 Å². The van der Waals surface area contributed by atoms with E-state index in [1.54, 1.807) is 41.6 Å². The molecule has 0 spiro atoms. The number of hydrogen-bond acceptors (Lipinski definition) is 7. The Labute approximate surface area is 249 Å². The molecule has 2 aliphatic heterocycles. The van der Waals surface area contributed by atoms with Crippen molar-refractivity contribution in [1.82, 2.24) is 35.5 Å². The van der Waals surface area contributed by atoms with Gasteiger partial charge in [0.15, 0.2) is 0 Å². The van der Waals surface area contributed by atoms with E-state index in [0.29, 0.717) is 50.3 Å². The molecule has 3 aromatic rings. The molecule has 2 aromatic heterocycles. The van der Waals surface area contributed by atoms with Crippen LogP contribution in [0, 0.1) is 17.7 Å². The summed E-state index contributed by atoms with van der Waals surface area (Å²) in [4.78, 5) is 46.4. The zero-order valence-corrected chi connectivity index (χ0v) is 24.0. The predicted octanol–water partition coefficient (Wildman–Crippen LogP) is 2.84. The minimum absolute atomic E-state index is 0.0503. The number of halogens is 1. The van der Waals surface area contributed by atoms with Gasteiger partial charge in [-0.3, -0.25) is 14.4 Å². The highest BCUT2D eigenvalue weighted by Crippen LogP contribution is 2.31. The van der Waals surface area contributed by atoms with E-state index in [1.807, 2.05) is 0 Å². The van der Waals surface area contributed by atoms with Crippen LogP contribution in [-0.2, 0) is 16.0 Å². The maximum atomic E-state index is 14.0. The van der Waals surface area contributed by atoms with E-state index >= 15 is 0 Å². The third kappa shape index (κ3) is 6.84. The Bertz CT molecular complexity index is 1460. The first-order valence-electron chi connectivity index (χ1n) is 15.1. The number of carbonyl (C=O) groups is 3. The number of nitrogens with one attached hydrogen (secondary N) is 2. The standard InChI is InChI=1S/C31H36FN7O4/c32-22-7-9-25(10-8-22)39-19-24(36-37-39)17-27-31(42)38-14-11-20(16-28(40)34-23-4-1-2-5-23)21(18-38)12-15-43-30-26(29(41)35-27)6-3-13-33-30/h3,6-10,13,19-21,23,27H,1-2,4-5,11-12,14-18H2,(H,34,40)(H,35,41)/t20-,21-,27+/m0/s1. The highest BCUT2D eigenvalue weighted by Gasteiger charge is 2.37. The summed E-state index contributed by atoms with van der Waals surface area (Å²) >= 11 is 0. The fourth-order valence-electron chi connectivity index (χ4n) is 6.43. The van der Waals surface area contributed by atoms with Crippen molar-refractivity contribution in [2.24, 2.45) is 11.8 Å². The molecule has 43 heavy (non-hydrogen) atoms. The van der Waals surface area contributed by atoms with Crippen molar-refractivity contribution in [2.45, 2.75) is 63.5 Å². The SMILES string of the molecule is O=C(C[C@@H]1CCN2C[C@@H]1CCOc1ncccc1C(=O)N[C@H](Cc1cn(-c3ccc(F)cc3)nn1)C2=O)NC1CCCC1. The van der Waals surface area contributed by atoms with Gasteiger partial charge in [0.2, 0.25) is 17.7 Å². The molecular weight excluding hydrogens is 553 g/mol. The fourth-order valence-corrected chi connectivity index (χ4v) is 6.43. The lowest BCUT2D eigenvalue weighted by atomic mass is 9.80. The van der Waals surface area contributed by atoms with Crippen molar-refractivity contribution in [2.75, 3.05) is 19.7 Å². The second kappa shape index (κ2) is 12.9. The minimum atomic E-state index is -0.916. The average Bonchev–Trinajstić information content (AvgIpc) is 3.70. The quantitative estimate of drug-likeness (QED) is 0.452. The molecule has 0 radical (unpaired) electrons. The van der Waals surface area contributed by atoms with E-state index in [1.165, 1.54) is 16.8 Å². The molecule has 2 N–H and O–H groups in total. The molecule has 226 valence electrons. The summed E-state index contributed by atoms with van der Waals surface area (Å²) in [5.41, 5.74) is 1.35. The molecule has 12 heteroatoms. The number of ether oxygens (including phenoxy) is 1. The summed E-state index contributed by atoms with van der Waals surface area (Å²) in [6, 6.07) is 8.45. The first-order chi connectivity index (χ1) is 20.9. The van der Waals surface area contributed by atoms with Gasteiger partial charge in [0.1, 0.15) is 17.4 Å². The van der Waals surface area contributed by atoms with Crippen LogP contribution in [0.25, 0.3) is 5.69 Å². The second-order valence-corrected chi connectivity index (χ2v) is 11.7. The third-order valence-corrected chi connectivity index (χ3v) is 8.76. The van der Waals surface area contributed by atoms with E-state index in [9.17, 15) is 18.8 Å². The number of nitrogens with zero attached hydrogens (tertiary/aromatic N) is 5. The van der Waals surface area contributed by atoms with Gasteiger partial charge in [-0.05, 0) is 73.9 Å². The van der Waals surface area contributed by atoms with Gasteiger partial charge in [-0.25, -0.2) is 14.1 Å². The van der Waals surface area contributed by atoms with Gasteiger partial charge in [-0.15, -0.1) is 5.10 Å². The smallest absolute Gasteiger partial charge is 0.257 e. The summed E-state index contributed by atoms with van der Waals surface area (Å²) in [6.07, 6.45) is 9.44. The highest BCUT2D eigenvalue weighted by atomic mass is 19.1. The van der Waals surface area contributed by atoms with Crippen molar-refractivity contribution in [3.63, 3.8) is 0 Å². The Kier molecular flexibility index (Phi) is 8.62. The largest absolute Gasteiger partial charge is 0.477 e. The Morgan fingerprint density at radius 1 is 1.09 bits per heavy atom. The molecule has 1 saturated heterocycles. The lowest BCUT2D eigenvalue weighted by molar-refractivity contribution is -0.136. The van der Waals surface area contributed by atoms with Gasteiger partial charge in [0, 0.05) is 38.2 Å². The van der Waals surface area contributed by atoms with Gasteiger partial charge in [0.05, 0.1) is 24.2 Å². The van der Waals surface area contributed by atoms with Crippen LogP contribution in [-0.4, -0.2) is 74.4 Å². The molecule has 4 heterocycles.